The average Bonchev–Trinajstić information content (AvgIpc) is 3.40. The van der Waals surface area contributed by atoms with Gasteiger partial charge in [-0.25, -0.2) is 9.79 Å². The van der Waals surface area contributed by atoms with E-state index in [-0.39, 0.29) is 24.3 Å². The van der Waals surface area contributed by atoms with Crippen LogP contribution in [-0.4, -0.2) is 23.8 Å². The number of benzene rings is 4. The van der Waals surface area contributed by atoms with E-state index in [2.05, 4.69) is 45.2 Å². The van der Waals surface area contributed by atoms with Gasteiger partial charge in [-0.3, -0.25) is 9.36 Å². The summed E-state index contributed by atoms with van der Waals surface area (Å²) >= 11 is 18.1. The molecule has 0 saturated carbocycles. The summed E-state index contributed by atoms with van der Waals surface area (Å²) in [5.74, 6) is 0.770. The highest BCUT2D eigenvalue weighted by atomic mass is 127. The number of carbonyl (C=O) groups is 1. The number of ether oxygens (including phenoxy) is 3. The minimum atomic E-state index is -0.801. The number of fused-ring (bicyclic) bond motifs is 1. The first-order valence-electron chi connectivity index (χ1n) is 15.3. The van der Waals surface area contributed by atoms with Crippen LogP contribution in [0.5, 0.6) is 11.5 Å². The van der Waals surface area contributed by atoms with E-state index in [9.17, 15) is 9.59 Å². The summed E-state index contributed by atoms with van der Waals surface area (Å²) in [7, 11) is 0. The summed E-state index contributed by atoms with van der Waals surface area (Å²) in [6, 6.07) is 25.4. The number of esters is 1. The van der Waals surface area contributed by atoms with Crippen molar-refractivity contribution in [2.24, 2.45) is 4.99 Å². The minimum absolute atomic E-state index is 0.168. The van der Waals surface area contributed by atoms with Gasteiger partial charge in [-0.1, -0.05) is 83.1 Å². The lowest BCUT2D eigenvalue weighted by Crippen LogP contribution is -2.40. The minimum Gasteiger partial charge on any atom is -0.494 e. The maximum atomic E-state index is 14.5. The third-order valence-corrected chi connectivity index (χ3v) is 10.7. The highest BCUT2D eigenvalue weighted by Gasteiger charge is 2.35. The Hall–Kier alpha value is -3.17. The molecule has 0 aliphatic carbocycles. The van der Waals surface area contributed by atoms with Gasteiger partial charge in [0.15, 0.2) is 4.80 Å². The normalized spacial score (nSPS) is 14.3. The zero-order chi connectivity index (χ0) is 34.7. The fraction of sp³-hybridized carbons (Fsp3) is 0.162. The van der Waals surface area contributed by atoms with Crippen molar-refractivity contribution in [2.45, 2.75) is 26.5 Å². The van der Waals surface area contributed by atoms with E-state index in [1.54, 1.807) is 23.6 Å². The van der Waals surface area contributed by atoms with Crippen LogP contribution in [0, 0.1) is 7.14 Å². The van der Waals surface area contributed by atoms with Gasteiger partial charge in [-0.2, -0.15) is 0 Å². The Morgan fingerprint density at radius 2 is 1.69 bits per heavy atom. The lowest BCUT2D eigenvalue weighted by atomic mass is 9.93. The molecule has 0 radical (unpaired) electrons. The highest BCUT2D eigenvalue weighted by Crippen LogP contribution is 2.36. The quantitative estimate of drug-likeness (QED) is 0.104. The summed E-state index contributed by atoms with van der Waals surface area (Å²) in [5, 5.41) is 0.913. The predicted octanol–water partition coefficient (Wildman–Crippen LogP) is 8.43. The summed E-state index contributed by atoms with van der Waals surface area (Å²) in [6.07, 6.45) is 1.82. The monoisotopic (exact) mass is 936 g/mol. The van der Waals surface area contributed by atoms with Crippen LogP contribution in [0.3, 0.4) is 0 Å². The van der Waals surface area contributed by atoms with E-state index in [1.165, 1.54) is 11.3 Å². The number of aromatic nitrogens is 1. The van der Waals surface area contributed by atoms with Crippen LogP contribution in [0.25, 0.3) is 11.8 Å². The van der Waals surface area contributed by atoms with E-state index >= 15 is 0 Å². The van der Waals surface area contributed by atoms with Gasteiger partial charge < -0.3 is 14.2 Å². The molecule has 5 aromatic rings. The van der Waals surface area contributed by atoms with Gasteiger partial charge in [-0.05, 0) is 113 Å². The molecule has 0 bridgehead atoms. The molecule has 49 heavy (non-hydrogen) atoms. The van der Waals surface area contributed by atoms with Gasteiger partial charge in [0.1, 0.15) is 18.1 Å². The number of hydrogen-bond acceptors (Lipinski definition) is 7. The van der Waals surface area contributed by atoms with E-state index < -0.39 is 12.0 Å². The molecule has 7 nitrogen and oxygen atoms in total. The average molecular weight is 937 g/mol. The van der Waals surface area contributed by atoms with Crippen molar-refractivity contribution in [1.29, 1.82) is 0 Å². The Labute approximate surface area is 324 Å². The molecular weight excluding hydrogens is 909 g/mol. The van der Waals surface area contributed by atoms with Crippen molar-refractivity contribution in [3.05, 3.63) is 150 Å². The second-order valence-corrected chi connectivity index (χ2v) is 15.0. The molecule has 0 fully saturated rings. The van der Waals surface area contributed by atoms with Gasteiger partial charge in [-0.15, -0.1) is 0 Å². The zero-order valence-electron chi connectivity index (χ0n) is 26.2. The lowest BCUT2D eigenvalue weighted by Gasteiger charge is -2.26. The van der Waals surface area contributed by atoms with Crippen LogP contribution in [0.15, 0.2) is 100 Å². The second-order valence-electron chi connectivity index (χ2n) is 10.8. The molecule has 0 amide bonds. The molecule has 6 rings (SSSR count). The van der Waals surface area contributed by atoms with Crippen LogP contribution in [-0.2, 0) is 16.1 Å². The molecule has 0 unspecified atom stereocenters. The van der Waals surface area contributed by atoms with E-state index in [1.807, 2.05) is 85.8 Å². The summed E-state index contributed by atoms with van der Waals surface area (Å²) in [5.41, 5.74) is 3.49. The molecular formula is C37H28Cl2I2N2O5S. The van der Waals surface area contributed by atoms with Crippen molar-refractivity contribution < 1.29 is 19.0 Å². The number of nitrogens with zero attached hydrogens (tertiary/aromatic N) is 2. The molecule has 12 heteroatoms. The molecule has 2 heterocycles. The first kappa shape index (κ1) is 35.6. The van der Waals surface area contributed by atoms with Gasteiger partial charge in [0.25, 0.3) is 5.56 Å². The van der Waals surface area contributed by atoms with Gasteiger partial charge in [0, 0.05) is 14.7 Å². The Morgan fingerprint density at radius 1 is 0.939 bits per heavy atom. The second kappa shape index (κ2) is 15.8. The van der Waals surface area contributed by atoms with Crippen molar-refractivity contribution in [1.82, 2.24) is 4.57 Å². The summed E-state index contributed by atoms with van der Waals surface area (Å²) in [4.78, 5) is 33.7. The third kappa shape index (κ3) is 7.78. The number of rotatable bonds is 10. The number of carbonyl (C=O) groups excluding carboxylic acids is 1. The largest absolute Gasteiger partial charge is 0.494 e. The molecule has 1 aliphatic rings. The number of halogens is 4. The Morgan fingerprint density at radius 3 is 2.39 bits per heavy atom. The lowest BCUT2D eigenvalue weighted by molar-refractivity contribution is -0.138. The molecule has 0 spiro atoms. The van der Waals surface area contributed by atoms with Crippen LogP contribution < -0.4 is 24.4 Å². The third-order valence-electron chi connectivity index (χ3n) is 7.57. The predicted molar refractivity (Wildman–Crippen MR) is 211 cm³/mol. The van der Waals surface area contributed by atoms with Crippen molar-refractivity contribution in [3.8, 4) is 11.5 Å². The van der Waals surface area contributed by atoms with Gasteiger partial charge in [0.05, 0.1) is 48.7 Å². The number of thiazole rings is 1. The highest BCUT2D eigenvalue weighted by molar-refractivity contribution is 14.1. The Kier molecular flexibility index (Phi) is 11.5. The molecule has 0 saturated heterocycles. The summed E-state index contributed by atoms with van der Waals surface area (Å²) in [6.45, 7) is 4.60. The number of hydrogen-bond donors (Lipinski definition) is 0. The van der Waals surface area contributed by atoms with Crippen LogP contribution in [0.4, 0.5) is 0 Å². The van der Waals surface area contributed by atoms with Crippen LogP contribution in [0.2, 0.25) is 10.0 Å². The molecule has 1 atom stereocenters. The van der Waals surface area contributed by atoms with Crippen molar-refractivity contribution in [2.75, 3.05) is 13.2 Å². The van der Waals surface area contributed by atoms with E-state index in [0.717, 1.165) is 29.4 Å². The standard InChI is InChI=1S/C37H28Cl2I2N2O5S/c1-3-46-26-13-11-23(12-14-26)33-31(36(45)47-4-2)32(22-8-6-5-7-9-22)42-37-43(33)35(44)30(49-37)18-24-17-25(40)19-29(41)34(24)48-20-21-10-15-27(38)28(39)16-21/h5-19,33H,3-4,20H2,1-2H3/b30-18-/t33-/m0/s1. The fourth-order valence-corrected chi connectivity index (χ4v) is 8.79. The first-order valence-corrected chi connectivity index (χ1v) is 19.0. The molecule has 250 valence electrons. The Bertz CT molecular complexity index is 2250. The SMILES string of the molecule is CCOC(=O)C1=C(c2ccccc2)N=c2s/c(=C\c3cc(I)cc(I)c3OCc3ccc(Cl)c(Cl)c3)c(=O)n2[C@H]1c1ccc(OCC)cc1. The zero-order valence-corrected chi connectivity index (χ0v) is 32.9. The molecule has 1 aromatic heterocycles. The molecule has 1 aliphatic heterocycles. The smallest absolute Gasteiger partial charge is 0.338 e. The van der Waals surface area contributed by atoms with Crippen LogP contribution in [0.1, 0.15) is 42.1 Å². The summed E-state index contributed by atoms with van der Waals surface area (Å²) < 4.78 is 21.5. The van der Waals surface area contributed by atoms with E-state index in [0.29, 0.717) is 43.2 Å². The van der Waals surface area contributed by atoms with Gasteiger partial charge in [0.2, 0.25) is 0 Å². The maximum absolute atomic E-state index is 14.5. The fourth-order valence-electron chi connectivity index (χ4n) is 5.43. The van der Waals surface area contributed by atoms with Crippen molar-refractivity contribution >= 4 is 97.5 Å². The van der Waals surface area contributed by atoms with Gasteiger partial charge >= 0.3 is 5.97 Å². The van der Waals surface area contributed by atoms with E-state index in [4.69, 9.17) is 42.4 Å². The van der Waals surface area contributed by atoms with Crippen molar-refractivity contribution in [3.63, 3.8) is 0 Å². The Balaban J connectivity index is 1.54. The molecule has 0 N–H and O–H groups in total. The first-order chi connectivity index (χ1) is 23.7. The maximum Gasteiger partial charge on any atom is 0.338 e. The molecule has 4 aromatic carbocycles. The topological polar surface area (TPSA) is 79.1 Å². The van der Waals surface area contributed by atoms with Crippen LogP contribution >= 0.6 is 79.7 Å².